The van der Waals surface area contributed by atoms with Crippen LogP contribution in [0.4, 0.5) is 0 Å². The van der Waals surface area contributed by atoms with Gasteiger partial charge in [0.15, 0.2) is 0 Å². The van der Waals surface area contributed by atoms with Crippen molar-refractivity contribution in [3.05, 3.63) is 0 Å². The zero-order chi connectivity index (χ0) is 14.5. The summed E-state index contributed by atoms with van der Waals surface area (Å²) in [5, 5.41) is 0. The number of nitrogens with two attached hydrogens (primary N) is 1. The van der Waals surface area contributed by atoms with Gasteiger partial charge in [0.2, 0.25) is 0 Å². The molecule has 3 heteroatoms. The van der Waals surface area contributed by atoms with Crippen molar-refractivity contribution in [3.63, 3.8) is 0 Å². The van der Waals surface area contributed by atoms with Gasteiger partial charge in [0.05, 0.1) is 6.61 Å². The smallest absolute Gasteiger partial charge is 0.0521 e. The molecule has 0 aromatic carbocycles. The van der Waals surface area contributed by atoms with Gasteiger partial charge in [-0.25, -0.2) is 0 Å². The maximum atomic E-state index is 6.38. The molecule has 2 aliphatic carbocycles. The van der Waals surface area contributed by atoms with Crippen molar-refractivity contribution >= 4 is 0 Å². The molecular formula is C18H34N2O. The number of ether oxygens (including phenoxy) is 1. The summed E-state index contributed by atoms with van der Waals surface area (Å²) in [4.78, 5) is 2.89. The predicted octanol–water partition coefficient (Wildman–Crippen LogP) is 3.32. The van der Waals surface area contributed by atoms with Crippen LogP contribution in [-0.4, -0.2) is 42.8 Å². The largest absolute Gasteiger partial charge is 0.381 e. The molecule has 122 valence electrons. The first-order valence-corrected chi connectivity index (χ1v) is 9.43. The van der Waals surface area contributed by atoms with E-state index >= 15 is 0 Å². The molecule has 0 radical (unpaired) electrons. The van der Waals surface area contributed by atoms with Gasteiger partial charge in [0.25, 0.3) is 0 Å². The lowest BCUT2D eigenvalue weighted by atomic mass is 9.86. The molecule has 3 rings (SSSR count). The fourth-order valence-electron chi connectivity index (χ4n) is 4.69. The summed E-state index contributed by atoms with van der Waals surface area (Å²) < 4.78 is 5.72. The molecule has 3 aliphatic rings. The summed E-state index contributed by atoms with van der Waals surface area (Å²) >= 11 is 0. The molecule has 2 saturated carbocycles. The van der Waals surface area contributed by atoms with Crippen LogP contribution >= 0.6 is 0 Å². The maximum absolute atomic E-state index is 6.38. The minimum absolute atomic E-state index is 0.355. The zero-order valence-corrected chi connectivity index (χ0v) is 13.6. The summed E-state index contributed by atoms with van der Waals surface area (Å²) in [5.74, 6) is 0.558. The Morgan fingerprint density at radius 1 is 0.810 bits per heavy atom. The molecule has 0 spiro atoms. The maximum Gasteiger partial charge on any atom is 0.0521 e. The predicted molar refractivity (Wildman–Crippen MR) is 87.4 cm³/mol. The highest BCUT2D eigenvalue weighted by Gasteiger charge is 2.33. The van der Waals surface area contributed by atoms with Gasteiger partial charge in [-0.15, -0.1) is 0 Å². The summed E-state index contributed by atoms with van der Waals surface area (Å²) in [6.07, 6.45) is 15.3. The van der Waals surface area contributed by atoms with Crippen molar-refractivity contribution in [2.45, 2.75) is 88.8 Å². The quantitative estimate of drug-likeness (QED) is 0.864. The van der Waals surface area contributed by atoms with Crippen molar-refractivity contribution in [2.24, 2.45) is 11.7 Å². The van der Waals surface area contributed by atoms with Crippen LogP contribution in [0.25, 0.3) is 0 Å². The normalized spacial score (nSPS) is 33.4. The molecule has 1 saturated heterocycles. The van der Waals surface area contributed by atoms with Crippen molar-refractivity contribution < 1.29 is 4.74 Å². The molecule has 3 fully saturated rings. The molecule has 21 heavy (non-hydrogen) atoms. The molecule has 2 atom stereocenters. The molecule has 0 aromatic rings. The third-order valence-electron chi connectivity index (χ3n) is 6.07. The molecular weight excluding hydrogens is 260 g/mol. The Morgan fingerprint density at radius 3 is 1.90 bits per heavy atom. The van der Waals surface area contributed by atoms with Crippen molar-refractivity contribution in [3.8, 4) is 0 Å². The Labute approximate surface area is 130 Å². The molecule has 1 aliphatic heterocycles. The van der Waals surface area contributed by atoms with Crippen LogP contribution in [-0.2, 0) is 4.74 Å². The lowest BCUT2D eigenvalue weighted by Gasteiger charge is -2.44. The second kappa shape index (κ2) is 7.94. The van der Waals surface area contributed by atoms with Crippen molar-refractivity contribution in [1.29, 1.82) is 0 Å². The zero-order valence-electron chi connectivity index (χ0n) is 13.6. The van der Waals surface area contributed by atoms with Crippen molar-refractivity contribution in [2.75, 3.05) is 19.8 Å². The fraction of sp³-hybridized carbons (Fsp3) is 1.00. The second-order valence-corrected chi connectivity index (χ2v) is 7.57. The molecule has 0 bridgehead atoms. The van der Waals surface area contributed by atoms with Crippen LogP contribution in [0.1, 0.15) is 70.6 Å². The minimum Gasteiger partial charge on any atom is -0.381 e. The van der Waals surface area contributed by atoms with Gasteiger partial charge >= 0.3 is 0 Å². The van der Waals surface area contributed by atoms with E-state index in [4.69, 9.17) is 10.5 Å². The van der Waals surface area contributed by atoms with E-state index in [1.54, 1.807) is 0 Å². The lowest BCUT2D eigenvalue weighted by Crippen LogP contribution is -2.52. The number of rotatable bonds is 4. The van der Waals surface area contributed by atoms with Gasteiger partial charge in [-0.1, -0.05) is 38.5 Å². The standard InChI is InChI=1S/C18H34N2O/c19-18-11-12-21-14-15(18)13-20(16-7-3-1-4-8-16)17-9-5-2-6-10-17/h15-18H,1-14,19H2. The lowest BCUT2D eigenvalue weighted by molar-refractivity contribution is -0.00254. The first-order valence-electron chi connectivity index (χ1n) is 9.43. The average molecular weight is 294 g/mol. The van der Waals surface area contributed by atoms with Crippen LogP contribution in [0.2, 0.25) is 0 Å². The summed E-state index contributed by atoms with van der Waals surface area (Å²) in [6, 6.07) is 2.01. The second-order valence-electron chi connectivity index (χ2n) is 7.57. The highest BCUT2D eigenvalue weighted by Crippen LogP contribution is 2.31. The summed E-state index contributed by atoms with van der Waals surface area (Å²) in [6.45, 7) is 2.94. The van der Waals surface area contributed by atoms with Gasteiger partial charge in [0, 0.05) is 37.2 Å². The van der Waals surface area contributed by atoms with E-state index in [9.17, 15) is 0 Å². The SMILES string of the molecule is NC1CCOCC1CN(C1CCCCC1)C1CCCCC1. The van der Waals surface area contributed by atoms with E-state index in [0.717, 1.165) is 31.7 Å². The first kappa shape index (κ1) is 15.8. The molecule has 1 heterocycles. The summed E-state index contributed by atoms with van der Waals surface area (Å²) in [7, 11) is 0. The Hall–Kier alpha value is -0.120. The van der Waals surface area contributed by atoms with Gasteiger partial charge < -0.3 is 10.5 Å². The Morgan fingerprint density at radius 2 is 1.38 bits per heavy atom. The Balaban J connectivity index is 1.64. The third kappa shape index (κ3) is 4.20. The van der Waals surface area contributed by atoms with E-state index in [1.165, 1.54) is 70.8 Å². The highest BCUT2D eigenvalue weighted by molar-refractivity contribution is 4.88. The third-order valence-corrected chi connectivity index (χ3v) is 6.07. The van der Waals surface area contributed by atoms with E-state index in [0.29, 0.717) is 12.0 Å². The monoisotopic (exact) mass is 294 g/mol. The number of hydrogen-bond acceptors (Lipinski definition) is 3. The Bertz CT molecular complexity index is 280. The molecule has 3 nitrogen and oxygen atoms in total. The number of hydrogen-bond donors (Lipinski definition) is 1. The Kier molecular flexibility index (Phi) is 5.96. The van der Waals surface area contributed by atoms with Gasteiger partial charge in [-0.2, -0.15) is 0 Å². The van der Waals surface area contributed by atoms with Gasteiger partial charge in [-0.05, 0) is 32.1 Å². The number of nitrogens with zero attached hydrogens (tertiary/aromatic N) is 1. The van der Waals surface area contributed by atoms with E-state index in [-0.39, 0.29) is 0 Å². The van der Waals surface area contributed by atoms with Crippen LogP contribution in [0.5, 0.6) is 0 Å². The molecule has 2 unspecified atom stereocenters. The van der Waals surface area contributed by atoms with Gasteiger partial charge in [-0.3, -0.25) is 4.90 Å². The van der Waals surface area contributed by atoms with Gasteiger partial charge in [0.1, 0.15) is 0 Å². The topological polar surface area (TPSA) is 38.5 Å². The molecule has 2 N–H and O–H groups in total. The van der Waals surface area contributed by atoms with E-state index in [1.807, 2.05) is 0 Å². The van der Waals surface area contributed by atoms with E-state index in [2.05, 4.69) is 4.90 Å². The molecule has 0 amide bonds. The minimum atomic E-state index is 0.355. The van der Waals surface area contributed by atoms with Crippen LogP contribution in [0.15, 0.2) is 0 Å². The van der Waals surface area contributed by atoms with Crippen LogP contribution in [0, 0.1) is 5.92 Å². The fourth-order valence-corrected chi connectivity index (χ4v) is 4.69. The van der Waals surface area contributed by atoms with Crippen LogP contribution in [0.3, 0.4) is 0 Å². The summed E-state index contributed by atoms with van der Waals surface area (Å²) in [5.41, 5.74) is 6.38. The molecule has 0 aromatic heterocycles. The van der Waals surface area contributed by atoms with Crippen LogP contribution < -0.4 is 5.73 Å². The highest BCUT2D eigenvalue weighted by atomic mass is 16.5. The first-order chi connectivity index (χ1) is 10.3. The van der Waals surface area contributed by atoms with Crippen molar-refractivity contribution in [1.82, 2.24) is 4.90 Å². The average Bonchev–Trinajstić information content (AvgIpc) is 2.56. The van der Waals surface area contributed by atoms with E-state index < -0.39 is 0 Å².